The molecule has 1 saturated heterocycles. The van der Waals surface area contributed by atoms with Gasteiger partial charge in [0.1, 0.15) is 6.10 Å². The van der Waals surface area contributed by atoms with Gasteiger partial charge < -0.3 is 25.2 Å². The van der Waals surface area contributed by atoms with Gasteiger partial charge in [0, 0.05) is 0 Å². The summed E-state index contributed by atoms with van der Waals surface area (Å²) in [6, 6.07) is 0. The van der Waals surface area contributed by atoms with Crippen molar-refractivity contribution >= 4 is 17.3 Å². The Balaban J connectivity index is 3.44. The number of rotatable bonds is 4. The Morgan fingerprint density at radius 3 is 1.84 bits per heavy atom. The van der Waals surface area contributed by atoms with Crippen molar-refractivity contribution in [2.75, 3.05) is 0 Å². The van der Waals surface area contributed by atoms with E-state index in [1.54, 1.807) is 0 Å². The minimum atomic E-state index is -2.96. The second-order valence-electron chi connectivity index (χ2n) is 4.59. The van der Waals surface area contributed by atoms with E-state index in [-0.39, 0.29) is 0 Å². The van der Waals surface area contributed by atoms with E-state index in [2.05, 4.69) is 4.74 Å². The number of carbonyl (C=O) groups excluding carboxylic acids is 3. The number of ketones is 3. The largest absolute Gasteiger partial charge is 0.386 e. The lowest BCUT2D eigenvalue weighted by atomic mass is 9.74. The van der Waals surface area contributed by atoms with Gasteiger partial charge in [0.05, 0.1) is 0 Å². The summed E-state index contributed by atoms with van der Waals surface area (Å²) in [5.74, 6) is -3.41. The Labute approximate surface area is 108 Å². The van der Waals surface area contributed by atoms with Gasteiger partial charge in [0.25, 0.3) is 0 Å². The monoisotopic (exact) mass is 276 g/mol. The summed E-state index contributed by atoms with van der Waals surface area (Å²) in [5.41, 5.74) is -5.92. The van der Waals surface area contributed by atoms with Crippen LogP contribution in [0.1, 0.15) is 20.8 Å². The summed E-state index contributed by atoms with van der Waals surface area (Å²) in [5, 5.41) is 39.1. The van der Waals surface area contributed by atoms with E-state index in [9.17, 15) is 34.8 Å². The Morgan fingerprint density at radius 1 is 1.11 bits per heavy atom. The molecule has 1 aliphatic rings. The molecule has 0 spiro atoms. The van der Waals surface area contributed by atoms with E-state index in [1.165, 1.54) is 0 Å². The molecule has 1 aliphatic heterocycles. The molecule has 2 unspecified atom stereocenters. The van der Waals surface area contributed by atoms with E-state index in [0.717, 1.165) is 20.8 Å². The van der Waals surface area contributed by atoms with Crippen LogP contribution < -0.4 is 0 Å². The van der Waals surface area contributed by atoms with Gasteiger partial charge in [-0.3, -0.25) is 14.4 Å². The number of aliphatic hydroxyl groups is 4. The summed E-state index contributed by atoms with van der Waals surface area (Å²) in [7, 11) is 0. The second kappa shape index (κ2) is 4.73. The van der Waals surface area contributed by atoms with Crippen LogP contribution in [0.2, 0.25) is 0 Å². The number of hydrogen-bond acceptors (Lipinski definition) is 8. The van der Waals surface area contributed by atoms with E-state index >= 15 is 0 Å². The van der Waals surface area contributed by atoms with E-state index < -0.39 is 47.0 Å². The van der Waals surface area contributed by atoms with E-state index in [1.807, 2.05) is 0 Å². The smallest absolute Gasteiger partial charge is 0.212 e. The highest BCUT2D eigenvalue weighted by atomic mass is 16.7. The van der Waals surface area contributed by atoms with Crippen LogP contribution in [-0.2, 0) is 19.1 Å². The lowest BCUT2D eigenvalue weighted by molar-refractivity contribution is -0.197. The molecule has 1 heterocycles. The highest BCUT2D eigenvalue weighted by molar-refractivity contribution is 6.04. The maximum atomic E-state index is 11.7. The minimum Gasteiger partial charge on any atom is -0.386 e. The summed E-state index contributed by atoms with van der Waals surface area (Å²) in [6.07, 6.45) is -5.90. The molecule has 0 aromatic carbocycles. The van der Waals surface area contributed by atoms with Crippen LogP contribution in [0.5, 0.6) is 0 Å². The van der Waals surface area contributed by atoms with Gasteiger partial charge in [-0.05, 0) is 20.8 Å². The summed E-state index contributed by atoms with van der Waals surface area (Å²) >= 11 is 0. The molecular weight excluding hydrogens is 260 g/mol. The molecule has 19 heavy (non-hydrogen) atoms. The van der Waals surface area contributed by atoms with Gasteiger partial charge in [0.15, 0.2) is 35.3 Å². The standard InChI is InChI=1S/C11H16O8/c1-4(12)7(15)8-10(17,5(2)13)11(18,6(3)14)9(16)19-8/h4,8-9,12,16-18H,1-3H3/t4?,8-,9?,10-,11+/m1/s1. The SMILES string of the molecule is CC(=O)[C@@]1(O)[C@@H](C(=O)C(C)O)OC(O)[C@@]1(O)C(C)=O. The fourth-order valence-electron chi connectivity index (χ4n) is 2.10. The van der Waals surface area contributed by atoms with E-state index in [0.29, 0.717) is 0 Å². The fraction of sp³-hybridized carbons (Fsp3) is 0.727. The highest BCUT2D eigenvalue weighted by Crippen LogP contribution is 2.41. The molecule has 5 atom stereocenters. The van der Waals surface area contributed by atoms with E-state index in [4.69, 9.17) is 0 Å². The number of carbonyl (C=O) groups is 3. The van der Waals surface area contributed by atoms with Crippen molar-refractivity contribution in [2.45, 2.75) is 50.5 Å². The molecule has 8 heteroatoms. The molecular formula is C11H16O8. The fourth-order valence-corrected chi connectivity index (χ4v) is 2.10. The van der Waals surface area contributed by atoms with Crippen molar-refractivity contribution < 1.29 is 39.5 Å². The third-order valence-electron chi connectivity index (χ3n) is 3.33. The first-order chi connectivity index (χ1) is 8.51. The molecule has 108 valence electrons. The van der Waals surface area contributed by atoms with Crippen LogP contribution in [0, 0.1) is 0 Å². The van der Waals surface area contributed by atoms with Gasteiger partial charge in [0.2, 0.25) is 5.60 Å². The lowest BCUT2D eigenvalue weighted by Gasteiger charge is -2.35. The quantitative estimate of drug-likeness (QED) is 0.434. The topological polar surface area (TPSA) is 141 Å². The van der Waals surface area contributed by atoms with Crippen LogP contribution in [0.25, 0.3) is 0 Å². The molecule has 8 nitrogen and oxygen atoms in total. The Kier molecular flexibility index (Phi) is 3.95. The molecule has 0 aliphatic carbocycles. The Bertz CT molecular complexity index is 430. The molecule has 1 rings (SSSR count). The summed E-state index contributed by atoms with van der Waals surface area (Å²) in [6.45, 7) is 2.72. The zero-order valence-corrected chi connectivity index (χ0v) is 10.7. The highest BCUT2D eigenvalue weighted by Gasteiger charge is 2.73. The molecule has 4 N–H and O–H groups in total. The third-order valence-corrected chi connectivity index (χ3v) is 3.33. The number of Topliss-reactive ketones (excluding diaryl/α,β-unsaturated/α-hetero) is 3. The molecule has 0 bridgehead atoms. The average Bonchev–Trinajstić information content (AvgIpc) is 2.51. The van der Waals surface area contributed by atoms with Crippen molar-refractivity contribution in [1.29, 1.82) is 0 Å². The normalized spacial score (nSPS) is 39.9. The van der Waals surface area contributed by atoms with Gasteiger partial charge >= 0.3 is 0 Å². The molecule has 0 amide bonds. The minimum absolute atomic E-state index is 0.829. The van der Waals surface area contributed by atoms with Gasteiger partial charge in [-0.15, -0.1) is 0 Å². The molecule has 0 radical (unpaired) electrons. The number of hydrogen-bond donors (Lipinski definition) is 4. The third kappa shape index (κ3) is 1.92. The first kappa shape index (κ1) is 15.9. The first-order valence-electron chi connectivity index (χ1n) is 5.53. The van der Waals surface area contributed by atoms with Crippen LogP contribution in [-0.4, -0.2) is 67.5 Å². The number of aliphatic hydroxyl groups excluding tert-OH is 2. The van der Waals surface area contributed by atoms with Crippen LogP contribution in [0.3, 0.4) is 0 Å². The van der Waals surface area contributed by atoms with Crippen LogP contribution in [0.4, 0.5) is 0 Å². The lowest BCUT2D eigenvalue weighted by Crippen LogP contribution is -2.68. The predicted octanol–water partition coefficient (Wildman–Crippen LogP) is -2.71. The second-order valence-corrected chi connectivity index (χ2v) is 4.59. The Hall–Kier alpha value is -1.19. The summed E-state index contributed by atoms with van der Waals surface area (Å²) in [4.78, 5) is 34.7. The van der Waals surface area contributed by atoms with Crippen molar-refractivity contribution in [3.63, 3.8) is 0 Å². The zero-order valence-electron chi connectivity index (χ0n) is 10.7. The average molecular weight is 276 g/mol. The van der Waals surface area contributed by atoms with Crippen molar-refractivity contribution in [2.24, 2.45) is 0 Å². The maximum absolute atomic E-state index is 11.7. The maximum Gasteiger partial charge on any atom is 0.212 e. The first-order valence-corrected chi connectivity index (χ1v) is 5.53. The van der Waals surface area contributed by atoms with Gasteiger partial charge in [-0.25, -0.2) is 0 Å². The number of ether oxygens (including phenoxy) is 1. The predicted molar refractivity (Wildman–Crippen MR) is 58.8 cm³/mol. The van der Waals surface area contributed by atoms with Crippen LogP contribution in [0.15, 0.2) is 0 Å². The molecule has 0 aromatic rings. The Morgan fingerprint density at radius 2 is 1.53 bits per heavy atom. The summed E-state index contributed by atoms with van der Waals surface area (Å²) < 4.78 is 4.64. The molecule has 0 saturated carbocycles. The molecule has 1 fully saturated rings. The van der Waals surface area contributed by atoms with Gasteiger partial charge in [-0.2, -0.15) is 0 Å². The molecule has 0 aromatic heterocycles. The van der Waals surface area contributed by atoms with Crippen molar-refractivity contribution in [3.8, 4) is 0 Å². The zero-order chi connectivity index (χ0) is 15.2. The van der Waals surface area contributed by atoms with Crippen molar-refractivity contribution in [3.05, 3.63) is 0 Å². The van der Waals surface area contributed by atoms with Crippen molar-refractivity contribution in [1.82, 2.24) is 0 Å². The van der Waals surface area contributed by atoms with Gasteiger partial charge in [-0.1, -0.05) is 0 Å². The van der Waals surface area contributed by atoms with Crippen LogP contribution >= 0.6 is 0 Å².